The van der Waals surface area contributed by atoms with E-state index in [9.17, 15) is 17.6 Å². The molecule has 2 atom stereocenters. The molecule has 0 aromatic heterocycles. The summed E-state index contributed by atoms with van der Waals surface area (Å²) in [6, 6.07) is 10.9. The summed E-state index contributed by atoms with van der Waals surface area (Å²) in [6.45, 7) is 1.88. The van der Waals surface area contributed by atoms with Gasteiger partial charge in [-0.05, 0) is 29.8 Å². The summed E-state index contributed by atoms with van der Waals surface area (Å²) in [5, 5.41) is 6.11. The highest BCUT2D eigenvalue weighted by atomic mass is 35.5. The van der Waals surface area contributed by atoms with E-state index >= 15 is 0 Å². The molecule has 0 bridgehead atoms. The number of carbonyl (C=O) groups is 1. The van der Waals surface area contributed by atoms with E-state index in [1.54, 1.807) is 18.2 Å². The van der Waals surface area contributed by atoms with Crippen LogP contribution < -0.4 is 15.4 Å². The van der Waals surface area contributed by atoms with Crippen LogP contribution in [0.1, 0.15) is 22.0 Å². The zero-order valence-electron chi connectivity index (χ0n) is 16.7. The molecule has 0 saturated carbocycles. The van der Waals surface area contributed by atoms with Gasteiger partial charge in [0.2, 0.25) is 10.0 Å². The maximum Gasteiger partial charge on any atom is 0.253 e. The molecular weight excluding hydrogens is 468 g/mol. The van der Waals surface area contributed by atoms with Crippen molar-refractivity contribution in [2.45, 2.75) is 6.10 Å². The zero-order valence-corrected chi connectivity index (χ0v) is 19.1. The summed E-state index contributed by atoms with van der Waals surface area (Å²) >= 11 is 5.79. The van der Waals surface area contributed by atoms with Gasteiger partial charge < -0.3 is 15.4 Å². The highest BCUT2D eigenvalue weighted by molar-refractivity contribution is 7.92. The maximum atomic E-state index is 13.9. The summed E-state index contributed by atoms with van der Waals surface area (Å²) in [6.07, 6.45) is 0.586. The smallest absolute Gasteiger partial charge is 0.253 e. The summed E-state index contributed by atoms with van der Waals surface area (Å²) in [5.74, 6) is -1.13. The van der Waals surface area contributed by atoms with Crippen LogP contribution in [0, 0.1) is 11.7 Å². The second kappa shape index (κ2) is 11.1. The topological polar surface area (TPSA) is 96.5 Å². The highest BCUT2D eigenvalue weighted by Gasteiger charge is 2.27. The molecule has 1 aliphatic heterocycles. The third kappa shape index (κ3) is 7.05. The van der Waals surface area contributed by atoms with Crippen LogP contribution in [0.5, 0.6) is 0 Å². The number of carbonyl (C=O) groups excluding carboxylic acids is 1. The van der Waals surface area contributed by atoms with E-state index in [4.69, 9.17) is 16.3 Å². The average Bonchev–Trinajstić information content (AvgIpc) is 2.93. The molecule has 31 heavy (non-hydrogen) atoms. The molecule has 7 nitrogen and oxygen atoms in total. The first-order valence-corrected chi connectivity index (χ1v) is 11.6. The van der Waals surface area contributed by atoms with Crippen molar-refractivity contribution < 1.29 is 22.3 Å². The number of rotatable bonds is 6. The lowest BCUT2D eigenvalue weighted by atomic mass is 9.95. The van der Waals surface area contributed by atoms with Crippen LogP contribution in [-0.2, 0) is 14.8 Å². The number of hydrogen-bond acceptors (Lipinski definition) is 5. The highest BCUT2D eigenvalue weighted by Crippen LogP contribution is 2.29. The summed E-state index contributed by atoms with van der Waals surface area (Å²) < 4.78 is 45.3. The van der Waals surface area contributed by atoms with E-state index in [1.165, 1.54) is 24.3 Å². The van der Waals surface area contributed by atoms with Crippen molar-refractivity contribution in [3.63, 3.8) is 0 Å². The van der Waals surface area contributed by atoms with E-state index in [-0.39, 0.29) is 41.1 Å². The van der Waals surface area contributed by atoms with Crippen LogP contribution in [-0.4, -0.2) is 46.8 Å². The summed E-state index contributed by atoms with van der Waals surface area (Å²) in [7, 11) is -3.53. The molecule has 1 aliphatic rings. The number of nitrogens with one attached hydrogen (secondary N) is 3. The molecule has 11 heteroatoms. The van der Waals surface area contributed by atoms with Crippen LogP contribution in [0.25, 0.3) is 0 Å². The van der Waals surface area contributed by atoms with Crippen molar-refractivity contribution in [3.8, 4) is 0 Å². The van der Waals surface area contributed by atoms with Crippen LogP contribution in [0.15, 0.2) is 42.5 Å². The first-order chi connectivity index (χ1) is 14.2. The lowest BCUT2D eigenvalue weighted by Crippen LogP contribution is -2.36. The monoisotopic (exact) mass is 491 g/mol. The fourth-order valence-corrected chi connectivity index (χ4v) is 4.01. The van der Waals surface area contributed by atoms with Crippen molar-refractivity contribution in [2.24, 2.45) is 5.92 Å². The summed E-state index contributed by atoms with van der Waals surface area (Å²) in [5.41, 5.74) is 1.04. The van der Waals surface area contributed by atoms with Gasteiger partial charge in [-0.25, -0.2) is 12.8 Å². The second-order valence-electron chi connectivity index (χ2n) is 7.06. The van der Waals surface area contributed by atoms with Gasteiger partial charge >= 0.3 is 0 Å². The normalized spacial score (nSPS) is 19.1. The van der Waals surface area contributed by atoms with Gasteiger partial charge in [0.15, 0.2) is 0 Å². The van der Waals surface area contributed by atoms with E-state index in [0.717, 1.165) is 6.26 Å². The fraction of sp³-hybridized carbons (Fsp3) is 0.350. The van der Waals surface area contributed by atoms with E-state index in [1.807, 2.05) is 0 Å². The molecule has 1 heterocycles. The molecule has 3 rings (SSSR count). The van der Waals surface area contributed by atoms with E-state index in [0.29, 0.717) is 25.3 Å². The third-order valence-electron chi connectivity index (χ3n) is 4.67. The van der Waals surface area contributed by atoms with Gasteiger partial charge in [0.05, 0.1) is 35.2 Å². The number of halogens is 3. The van der Waals surface area contributed by atoms with Crippen molar-refractivity contribution in [3.05, 3.63) is 64.4 Å². The minimum atomic E-state index is -3.53. The molecule has 2 aromatic carbocycles. The SMILES string of the molecule is CS(=O)(=O)Nc1ccccc1C(=O)NC[C@@H]1CNCCO[C@H]1c1ccc(Cl)c(F)c1.Cl. The van der Waals surface area contributed by atoms with Crippen molar-refractivity contribution in [1.82, 2.24) is 10.6 Å². The Morgan fingerprint density at radius 2 is 2.03 bits per heavy atom. The van der Waals surface area contributed by atoms with E-state index in [2.05, 4.69) is 15.4 Å². The van der Waals surface area contributed by atoms with E-state index < -0.39 is 27.9 Å². The van der Waals surface area contributed by atoms with Gasteiger partial charge in [0.25, 0.3) is 5.91 Å². The number of amides is 1. The Bertz CT molecular complexity index is 1020. The Morgan fingerprint density at radius 3 is 2.74 bits per heavy atom. The molecule has 0 unspecified atom stereocenters. The Hall–Kier alpha value is -1.91. The Labute approximate surface area is 192 Å². The van der Waals surface area contributed by atoms with Crippen LogP contribution in [0.3, 0.4) is 0 Å². The van der Waals surface area contributed by atoms with Crippen LogP contribution >= 0.6 is 24.0 Å². The van der Waals surface area contributed by atoms with Gasteiger partial charge in [-0.3, -0.25) is 9.52 Å². The largest absolute Gasteiger partial charge is 0.372 e. The first kappa shape index (κ1) is 25.4. The van der Waals surface area contributed by atoms with Crippen molar-refractivity contribution in [2.75, 3.05) is 37.2 Å². The van der Waals surface area contributed by atoms with Gasteiger partial charge in [-0.1, -0.05) is 29.8 Å². The summed E-state index contributed by atoms with van der Waals surface area (Å²) in [4.78, 5) is 12.7. The zero-order chi connectivity index (χ0) is 21.7. The Balaban J connectivity index is 0.00000341. The lowest BCUT2D eigenvalue weighted by molar-refractivity contribution is 0.0304. The Morgan fingerprint density at radius 1 is 1.29 bits per heavy atom. The van der Waals surface area contributed by atoms with Crippen LogP contribution in [0.2, 0.25) is 5.02 Å². The molecule has 1 saturated heterocycles. The average molecular weight is 492 g/mol. The molecule has 0 spiro atoms. The number of sulfonamides is 1. The molecule has 2 aromatic rings. The quantitative estimate of drug-likeness (QED) is 0.577. The standard InChI is InChI=1S/C20H23ClFN3O4S.ClH/c1-30(27,28)25-18-5-3-2-4-15(18)20(26)24-12-14-11-23-8-9-29-19(14)13-6-7-16(21)17(22)10-13;/h2-7,10,14,19,23,25H,8-9,11-12H2,1H3,(H,24,26);1H/t14-,19-;/m0./s1. The van der Waals surface area contributed by atoms with Gasteiger partial charge in [0.1, 0.15) is 5.82 Å². The first-order valence-electron chi connectivity index (χ1n) is 9.37. The third-order valence-corrected chi connectivity index (χ3v) is 5.57. The van der Waals surface area contributed by atoms with Gasteiger partial charge in [-0.15, -0.1) is 12.4 Å². The van der Waals surface area contributed by atoms with Crippen molar-refractivity contribution in [1.29, 1.82) is 0 Å². The molecule has 1 amide bonds. The molecule has 170 valence electrons. The minimum absolute atomic E-state index is 0. The van der Waals surface area contributed by atoms with Gasteiger partial charge in [0, 0.05) is 25.6 Å². The molecular formula is C20H24Cl2FN3O4S. The lowest BCUT2D eigenvalue weighted by Gasteiger charge is -2.25. The van der Waals surface area contributed by atoms with Crippen LogP contribution in [0.4, 0.5) is 10.1 Å². The number of para-hydroxylation sites is 1. The van der Waals surface area contributed by atoms with Gasteiger partial charge in [-0.2, -0.15) is 0 Å². The van der Waals surface area contributed by atoms with Crippen molar-refractivity contribution >= 4 is 45.6 Å². The molecule has 3 N–H and O–H groups in total. The second-order valence-corrected chi connectivity index (χ2v) is 9.21. The number of benzene rings is 2. The number of hydrogen-bond donors (Lipinski definition) is 3. The number of anilines is 1. The predicted molar refractivity (Wildman–Crippen MR) is 121 cm³/mol. The maximum absolute atomic E-state index is 13.9. The number of ether oxygens (including phenoxy) is 1. The molecule has 1 fully saturated rings. The Kier molecular flexibility index (Phi) is 9.08. The predicted octanol–water partition coefficient (Wildman–Crippen LogP) is 2.98. The fourth-order valence-electron chi connectivity index (χ4n) is 3.31. The molecule has 0 radical (unpaired) electrons. The minimum Gasteiger partial charge on any atom is -0.372 e. The molecule has 0 aliphatic carbocycles.